The second-order valence-corrected chi connectivity index (χ2v) is 8.02. The summed E-state index contributed by atoms with van der Waals surface area (Å²) in [4.78, 5) is 37.0. The summed E-state index contributed by atoms with van der Waals surface area (Å²) in [5.74, 6) is 0.0866. The van der Waals surface area contributed by atoms with Crippen molar-refractivity contribution < 1.29 is 9.59 Å². The third kappa shape index (κ3) is 5.41. The maximum absolute atomic E-state index is 13.4. The van der Waals surface area contributed by atoms with E-state index in [2.05, 4.69) is 15.3 Å². The predicted molar refractivity (Wildman–Crippen MR) is 129 cm³/mol. The number of nitrogens with one attached hydrogen (secondary N) is 1. The number of amides is 2. The summed E-state index contributed by atoms with van der Waals surface area (Å²) in [5.41, 5.74) is 3.20. The molecule has 0 radical (unpaired) electrons. The van der Waals surface area contributed by atoms with Gasteiger partial charge in [0.25, 0.3) is 5.91 Å². The largest absolute Gasteiger partial charge is 0.340 e. The van der Waals surface area contributed by atoms with E-state index in [0.29, 0.717) is 17.8 Å². The molecule has 0 saturated carbocycles. The van der Waals surface area contributed by atoms with E-state index in [4.69, 9.17) is 0 Å². The highest BCUT2D eigenvalue weighted by molar-refractivity contribution is 5.97. The quantitative estimate of drug-likeness (QED) is 0.474. The van der Waals surface area contributed by atoms with Gasteiger partial charge < -0.3 is 10.2 Å². The number of aromatic nitrogens is 2. The number of aryl methyl sites for hydroxylation is 1. The van der Waals surface area contributed by atoms with Crippen LogP contribution in [0, 0.1) is 6.92 Å². The highest BCUT2D eigenvalue weighted by Crippen LogP contribution is 2.16. The van der Waals surface area contributed by atoms with Gasteiger partial charge in [0.15, 0.2) is 0 Å². The van der Waals surface area contributed by atoms with Gasteiger partial charge >= 0.3 is 0 Å². The maximum atomic E-state index is 13.4. The lowest BCUT2D eigenvalue weighted by Crippen LogP contribution is -2.48. The van der Waals surface area contributed by atoms with E-state index in [1.54, 1.807) is 36.2 Å². The van der Waals surface area contributed by atoms with Crippen LogP contribution in [0.3, 0.4) is 0 Å². The van der Waals surface area contributed by atoms with E-state index >= 15 is 0 Å². The van der Waals surface area contributed by atoms with Crippen LogP contribution in [0.1, 0.15) is 27.4 Å². The Kier molecular flexibility index (Phi) is 6.74. The highest BCUT2D eigenvalue weighted by atomic mass is 16.2. The van der Waals surface area contributed by atoms with Crippen LogP contribution in [0.25, 0.3) is 10.9 Å². The highest BCUT2D eigenvalue weighted by Gasteiger charge is 2.25. The molecule has 0 spiro atoms. The normalized spacial score (nSPS) is 11.7. The molecule has 1 N–H and O–H groups in total. The molecule has 2 amide bonds. The average molecular weight is 439 g/mol. The summed E-state index contributed by atoms with van der Waals surface area (Å²) in [6.45, 7) is 2.19. The maximum Gasteiger partial charge on any atom is 0.251 e. The van der Waals surface area contributed by atoms with Crippen molar-refractivity contribution in [3.63, 3.8) is 0 Å². The van der Waals surface area contributed by atoms with Gasteiger partial charge in [-0.15, -0.1) is 0 Å². The lowest BCUT2D eigenvalue weighted by molar-refractivity contribution is -0.132. The second kappa shape index (κ2) is 10.0. The minimum atomic E-state index is -0.716. The molecule has 6 nitrogen and oxygen atoms in total. The number of para-hydroxylation sites is 1. The Morgan fingerprint density at radius 1 is 0.879 bits per heavy atom. The monoisotopic (exact) mass is 438 g/mol. The van der Waals surface area contributed by atoms with Crippen molar-refractivity contribution >= 4 is 22.7 Å². The van der Waals surface area contributed by atoms with Crippen molar-refractivity contribution in [2.45, 2.75) is 25.9 Å². The summed E-state index contributed by atoms with van der Waals surface area (Å²) in [5, 5.41) is 3.91. The molecule has 33 heavy (non-hydrogen) atoms. The number of fused-ring (bicyclic) bond motifs is 1. The van der Waals surface area contributed by atoms with Gasteiger partial charge in [-0.25, -0.2) is 9.97 Å². The molecule has 1 atom stereocenters. The molecule has 4 rings (SSSR count). The number of likely N-dealkylation sites (N-methyl/N-ethyl adjacent to an activating group) is 1. The molecule has 4 aromatic rings. The number of benzene rings is 3. The molecule has 1 aromatic heterocycles. The number of hydrogen-bond acceptors (Lipinski definition) is 4. The zero-order chi connectivity index (χ0) is 23.2. The van der Waals surface area contributed by atoms with Crippen LogP contribution in [-0.4, -0.2) is 39.8 Å². The van der Waals surface area contributed by atoms with E-state index in [1.807, 2.05) is 67.6 Å². The van der Waals surface area contributed by atoms with Gasteiger partial charge in [0, 0.05) is 30.1 Å². The fourth-order valence-electron chi connectivity index (χ4n) is 3.80. The van der Waals surface area contributed by atoms with E-state index < -0.39 is 6.04 Å². The smallest absolute Gasteiger partial charge is 0.251 e. The van der Waals surface area contributed by atoms with E-state index in [9.17, 15) is 9.59 Å². The number of carbonyl (C=O) groups is 2. The topological polar surface area (TPSA) is 75.2 Å². The lowest BCUT2D eigenvalue weighted by Gasteiger charge is -2.24. The standard InChI is InChI=1S/C27H26N4O2/c1-19-22-15-9-10-16-23(22)29-25(28-19)18-31(2)27(33)24(17-20-11-5-3-6-12-20)30-26(32)21-13-7-4-8-14-21/h3-16,24H,17-18H2,1-2H3,(H,30,32). The molecule has 1 unspecified atom stereocenters. The van der Waals surface area contributed by atoms with Crippen LogP contribution in [0.4, 0.5) is 0 Å². The summed E-state index contributed by atoms with van der Waals surface area (Å²) >= 11 is 0. The second-order valence-electron chi connectivity index (χ2n) is 8.02. The summed E-state index contributed by atoms with van der Waals surface area (Å²) in [6, 6.07) is 25.7. The average Bonchev–Trinajstić information content (AvgIpc) is 2.84. The van der Waals surface area contributed by atoms with Gasteiger partial charge in [-0.2, -0.15) is 0 Å². The van der Waals surface area contributed by atoms with E-state index in [-0.39, 0.29) is 18.4 Å². The Morgan fingerprint density at radius 2 is 1.52 bits per heavy atom. The number of rotatable bonds is 7. The summed E-state index contributed by atoms with van der Waals surface area (Å²) in [7, 11) is 1.71. The van der Waals surface area contributed by atoms with E-state index in [1.165, 1.54) is 0 Å². The number of carbonyl (C=O) groups excluding carboxylic acids is 2. The van der Waals surface area contributed by atoms with Crippen molar-refractivity contribution in [2.75, 3.05) is 7.05 Å². The number of hydrogen-bond donors (Lipinski definition) is 1. The van der Waals surface area contributed by atoms with Crippen molar-refractivity contribution in [3.05, 3.63) is 108 Å². The van der Waals surface area contributed by atoms with Gasteiger partial charge in [-0.05, 0) is 30.7 Å². The predicted octanol–water partition coefficient (Wildman–Crippen LogP) is 3.94. The molecule has 1 heterocycles. The molecule has 0 saturated heterocycles. The first-order valence-electron chi connectivity index (χ1n) is 10.9. The zero-order valence-corrected chi connectivity index (χ0v) is 18.7. The lowest BCUT2D eigenvalue weighted by atomic mass is 10.0. The molecule has 0 aliphatic heterocycles. The fraction of sp³-hybridized carbons (Fsp3) is 0.185. The third-order valence-corrected chi connectivity index (χ3v) is 5.52. The van der Waals surface area contributed by atoms with Crippen molar-refractivity contribution in [1.29, 1.82) is 0 Å². The first kappa shape index (κ1) is 22.1. The van der Waals surface area contributed by atoms with Crippen LogP contribution in [0.5, 0.6) is 0 Å². The molecule has 166 valence electrons. The van der Waals surface area contributed by atoms with Crippen LogP contribution in [-0.2, 0) is 17.8 Å². The molecule has 0 fully saturated rings. The zero-order valence-electron chi connectivity index (χ0n) is 18.7. The van der Waals surface area contributed by atoms with Crippen LogP contribution < -0.4 is 5.32 Å². The first-order chi connectivity index (χ1) is 16.0. The molecule has 3 aromatic carbocycles. The minimum absolute atomic E-state index is 0.197. The molecule has 6 heteroatoms. The van der Waals surface area contributed by atoms with Crippen LogP contribution in [0.15, 0.2) is 84.9 Å². The fourth-order valence-corrected chi connectivity index (χ4v) is 3.80. The van der Waals surface area contributed by atoms with Crippen molar-refractivity contribution in [2.24, 2.45) is 0 Å². The van der Waals surface area contributed by atoms with Crippen molar-refractivity contribution in [1.82, 2.24) is 20.2 Å². The minimum Gasteiger partial charge on any atom is -0.340 e. The van der Waals surface area contributed by atoms with Gasteiger partial charge in [0.1, 0.15) is 11.9 Å². The van der Waals surface area contributed by atoms with Gasteiger partial charge in [-0.3, -0.25) is 9.59 Å². The Bertz CT molecular complexity index is 1260. The molecular weight excluding hydrogens is 412 g/mol. The van der Waals surface area contributed by atoms with Crippen LogP contribution >= 0.6 is 0 Å². The first-order valence-corrected chi connectivity index (χ1v) is 10.9. The molecule has 0 bridgehead atoms. The van der Waals surface area contributed by atoms with Gasteiger partial charge in [-0.1, -0.05) is 66.7 Å². The van der Waals surface area contributed by atoms with E-state index in [0.717, 1.165) is 22.2 Å². The summed E-state index contributed by atoms with van der Waals surface area (Å²) < 4.78 is 0. The third-order valence-electron chi connectivity index (χ3n) is 5.52. The molecular formula is C27H26N4O2. The van der Waals surface area contributed by atoms with Gasteiger partial charge in [0.05, 0.1) is 12.1 Å². The Labute approximate surface area is 193 Å². The molecule has 0 aliphatic rings. The molecule has 0 aliphatic carbocycles. The van der Waals surface area contributed by atoms with Crippen molar-refractivity contribution in [3.8, 4) is 0 Å². The van der Waals surface area contributed by atoms with Gasteiger partial charge in [0.2, 0.25) is 5.91 Å². The Hall–Kier alpha value is -4.06. The summed E-state index contributed by atoms with van der Waals surface area (Å²) in [6.07, 6.45) is 0.389. The Balaban J connectivity index is 1.55. The SMILES string of the molecule is Cc1nc(CN(C)C(=O)C(Cc2ccccc2)NC(=O)c2ccccc2)nc2ccccc12. The Morgan fingerprint density at radius 3 is 2.24 bits per heavy atom. The van der Waals surface area contributed by atoms with Crippen LogP contribution in [0.2, 0.25) is 0 Å². The number of nitrogens with zero attached hydrogens (tertiary/aromatic N) is 3.